The molecule has 1 rings (SSSR count). The van der Waals surface area contributed by atoms with E-state index in [-0.39, 0.29) is 6.54 Å². The molecular formula is C12H17F3N2O. The van der Waals surface area contributed by atoms with Crippen LogP contribution in [0.3, 0.4) is 0 Å². The van der Waals surface area contributed by atoms with Crippen molar-refractivity contribution >= 4 is 5.69 Å². The third-order valence-electron chi connectivity index (χ3n) is 2.67. The molecule has 0 aromatic carbocycles. The molecule has 0 saturated heterocycles. The van der Waals surface area contributed by atoms with Crippen LogP contribution >= 0.6 is 0 Å². The first-order valence-electron chi connectivity index (χ1n) is 5.75. The average Bonchev–Trinajstić information content (AvgIpc) is 2.34. The van der Waals surface area contributed by atoms with Crippen LogP contribution < -0.4 is 4.90 Å². The Hall–Kier alpha value is -1.30. The Morgan fingerprint density at radius 3 is 2.50 bits per heavy atom. The summed E-state index contributed by atoms with van der Waals surface area (Å²) >= 11 is 0. The lowest BCUT2D eigenvalue weighted by Gasteiger charge is -2.20. The summed E-state index contributed by atoms with van der Waals surface area (Å²) in [6, 6.07) is 3.30. The number of hydrogen-bond acceptors (Lipinski definition) is 3. The van der Waals surface area contributed by atoms with Crippen molar-refractivity contribution in [1.82, 2.24) is 4.98 Å². The number of nitrogens with zero attached hydrogens (tertiary/aromatic N) is 2. The van der Waals surface area contributed by atoms with Crippen molar-refractivity contribution in [3.63, 3.8) is 0 Å². The van der Waals surface area contributed by atoms with Crippen LogP contribution in [0, 0.1) is 0 Å². The van der Waals surface area contributed by atoms with Gasteiger partial charge in [0.25, 0.3) is 0 Å². The molecule has 0 unspecified atom stereocenters. The van der Waals surface area contributed by atoms with Crippen molar-refractivity contribution in [2.45, 2.75) is 32.0 Å². The molecule has 0 aliphatic heterocycles. The highest BCUT2D eigenvalue weighted by molar-refractivity contribution is 5.43. The first kappa shape index (κ1) is 14.8. The Kier molecular flexibility index (Phi) is 4.95. The number of hydrogen-bond donors (Lipinski definition) is 1. The lowest BCUT2D eigenvalue weighted by Crippen LogP contribution is -2.24. The van der Waals surface area contributed by atoms with Gasteiger partial charge in [0.1, 0.15) is 0 Å². The second kappa shape index (κ2) is 6.04. The Bertz CT molecular complexity index is 365. The predicted octanol–water partition coefficient (Wildman–Crippen LogP) is 2.91. The number of rotatable bonds is 5. The molecule has 1 N–H and O–H groups in total. The van der Waals surface area contributed by atoms with Gasteiger partial charge in [0.05, 0.1) is 30.1 Å². The van der Waals surface area contributed by atoms with E-state index in [1.807, 2.05) is 6.92 Å². The van der Waals surface area contributed by atoms with E-state index in [1.165, 1.54) is 11.1 Å². The number of anilines is 1. The van der Waals surface area contributed by atoms with Gasteiger partial charge in [-0.05, 0) is 18.6 Å². The van der Waals surface area contributed by atoms with Crippen LogP contribution in [0.25, 0.3) is 0 Å². The smallest absolute Gasteiger partial charge is 0.387 e. The summed E-state index contributed by atoms with van der Waals surface area (Å²) in [5.41, 5.74) is 1.14. The minimum Gasteiger partial charge on any atom is -0.387 e. The molecule has 0 aliphatic carbocycles. The third kappa shape index (κ3) is 4.52. The Balaban J connectivity index is 2.62. The summed E-state index contributed by atoms with van der Waals surface area (Å²) in [4.78, 5) is 5.53. The largest absolute Gasteiger partial charge is 0.390 e. The molecule has 1 aromatic rings. The molecule has 6 heteroatoms. The first-order valence-corrected chi connectivity index (χ1v) is 5.75. The molecule has 0 fully saturated rings. The van der Waals surface area contributed by atoms with E-state index in [4.69, 9.17) is 0 Å². The molecule has 0 bridgehead atoms. The van der Waals surface area contributed by atoms with Gasteiger partial charge in [-0.1, -0.05) is 6.92 Å². The minimum absolute atomic E-state index is 0.110. The molecule has 1 atom stereocenters. The van der Waals surface area contributed by atoms with E-state index in [9.17, 15) is 18.3 Å². The van der Waals surface area contributed by atoms with Crippen LogP contribution in [0.4, 0.5) is 18.9 Å². The number of pyridine rings is 1. The van der Waals surface area contributed by atoms with Crippen molar-refractivity contribution < 1.29 is 18.3 Å². The molecule has 102 valence electrons. The van der Waals surface area contributed by atoms with Crippen LogP contribution in [0.1, 0.15) is 31.6 Å². The molecule has 3 nitrogen and oxygen atoms in total. The minimum atomic E-state index is -4.15. The number of aliphatic hydroxyl groups excluding tert-OH is 1. The van der Waals surface area contributed by atoms with Gasteiger partial charge >= 0.3 is 6.18 Å². The Morgan fingerprint density at radius 2 is 2.06 bits per heavy atom. The number of halogens is 3. The van der Waals surface area contributed by atoms with Gasteiger partial charge in [-0.15, -0.1) is 0 Å². The number of alkyl halides is 3. The highest BCUT2D eigenvalue weighted by atomic mass is 19.4. The fourth-order valence-electron chi connectivity index (χ4n) is 1.45. The molecule has 0 aliphatic rings. The van der Waals surface area contributed by atoms with E-state index in [1.54, 1.807) is 19.2 Å². The fourth-order valence-corrected chi connectivity index (χ4v) is 1.45. The molecule has 0 amide bonds. The SMILES string of the molecule is CC[C@@H](O)c1ccc(N(C)CCC(F)(F)F)cn1. The summed E-state index contributed by atoms with van der Waals surface area (Å²) < 4.78 is 36.2. The van der Waals surface area contributed by atoms with Gasteiger partial charge in [0.2, 0.25) is 0 Å². The summed E-state index contributed by atoms with van der Waals surface area (Å²) in [6.07, 6.45) is -3.61. The topological polar surface area (TPSA) is 36.4 Å². The van der Waals surface area contributed by atoms with Gasteiger partial charge < -0.3 is 10.0 Å². The van der Waals surface area contributed by atoms with Gasteiger partial charge in [0.15, 0.2) is 0 Å². The Morgan fingerprint density at radius 1 is 1.39 bits per heavy atom. The zero-order valence-electron chi connectivity index (χ0n) is 10.4. The molecule has 18 heavy (non-hydrogen) atoms. The zero-order chi connectivity index (χ0) is 13.8. The van der Waals surface area contributed by atoms with Crippen molar-refractivity contribution in [3.8, 4) is 0 Å². The van der Waals surface area contributed by atoms with Crippen LogP contribution in [-0.2, 0) is 0 Å². The van der Waals surface area contributed by atoms with Gasteiger partial charge in [-0.25, -0.2) is 0 Å². The molecule has 0 spiro atoms. The number of aliphatic hydroxyl groups is 1. The lowest BCUT2D eigenvalue weighted by atomic mass is 10.2. The predicted molar refractivity (Wildman–Crippen MR) is 63.4 cm³/mol. The summed E-state index contributed by atoms with van der Waals surface area (Å²) in [5, 5.41) is 9.54. The molecule has 1 heterocycles. The second-order valence-corrected chi connectivity index (χ2v) is 4.15. The normalized spacial score (nSPS) is 13.4. The summed E-state index contributed by atoms with van der Waals surface area (Å²) in [5.74, 6) is 0. The van der Waals surface area contributed by atoms with Crippen LogP contribution in [0.2, 0.25) is 0 Å². The van der Waals surface area contributed by atoms with Gasteiger partial charge in [0, 0.05) is 13.6 Å². The fraction of sp³-hybridized carbons (Fsp3) is 0.583. The van der Waals surface area contributed by atoms with Crippen molar-refractivity contribution in [2.75, 3.05) is 18.5 Å². The van der Waals surface area contributed by atoms with Gasteiger partial charge in [-0.3, -0.25) is 4.98 Å². The maximum atomic E-state index is 12.1. The van der Waals surface area contributed by atoms with Crippen LogP contribution in [0.15, 0.2) is 18.3 Å². The second-order valence-electron chi connectivity index (χ2n) is 4.15. The molecule has 0 radical (unpaired) electrons. The van der Waals surface area contributed by atoms with E-state index in [2.05, 4.69) is 4.98 Å². The monoisotopic (exact) mass is 262 g/mol. The maximum Gasteiger partial charge on any atom is 0.390 e. The highest BCUT2D eigenvalue weighted by Crippen LogP contribution is 2.22. The van der Waals surface area contributed by atoms with Crippen LogP contribution in [-0.4, -0.2) is 29.9 Å². The lowest BCUT2D eigenvalue weighted by molar-refractivity contribution is -0.132. The van der Waals surface area contributed by atoms with E-state index in [0.29, 0.717) is 17.8 Å². The average molecular weight is 262 g/mol. The van der Waals surface area contributed by atoms with Crippen molar-refractivity contribution in [2.24, 2.45) is 0 Å². The standard InChI is InChI=1S/C12H17F3N2O/c1-3-11(18)10-5-4-9(8-16-10)17(2)7-6-12(13,14)15/h4-5,8,11,18H,3,6-7H2,1-2H3/t11-/m1/s1. The van der Waals surface area contributed by atoms with Crippen molar-refractivity contribution in [1.29, 1.82) is 0 Å². The molecule has 1 aromatic heterocycles. The molecule has 0 saturated carbocycles. The van der Waals surface area contributed by atoms with Crippen LogP contribution in [0.5, 0.6) is 0 Å². The Labute approximate surface area is 104 Å². The maximum absolute atomic E-state index is 12.1. The first-order chi connectivity index (χ1) is 8.33. The van der Waals surface area contributed by atoms with E-state index in [0.717, 1.165) is 0 Å². The zero-order valence-corrected chi connectivity index (χ0v) is 10.4. The summed E-state index contributed by atoms with van der Waals surface area (Å²) in [6.45, 7) is 1.72. The summed E-state index contributed by atoms with van der Waals surface area (Å²) in [7, 11) is 1.58. The van der Waals surface area contributed by atoms with E-state index >= 15 is 0 Å². The van der Waals surface area contributed by atoms with Crippen molar-refractivity contribution in [3.05, 3.63) is 24.0 Å². The molecular weight excluding hydrogens is 245 g/mol. The van der Waals surface area contributed by atoms with E-state index < -0.39 is 18.7 Å². The van der Waals surface area contributed by atoms with Gasteiger partial charge in [-0.2, -0.15) is 13.2 Å². The number of aromatic nitrogens is 1. The third-order valence-corrected chi connectivity index (χ3v) is 2.67. The quantitative estimate of drug-likeness (QED) is 0.886. The highest BCUT2D eigenvalue weighted by Gasteiger charge is 2.27.